The number of halogens is 1. The van der Waals surface area contributed by atoms with E-state index in [1.807, 2.05) is 35.2 Å². The van der Waals surface area contributed by atoms with Gasteiger partial charge in [0, 0.05) is 32.7 Å². The Balaban J connectivity index is 1.42. The number of sulfonamides is 1. The molecule has 1 aliphatic heterocycles. The summed E-state index contributed by atoms with van der Waals surface area (Å²) in [5.41, 5.74) is 1.05. The Bertz CT molecular complexity index is 838. The smallest absolute Gasteiger partial charge is 0.243 e. The molecule has 0 radical (unpaired) electrons. The number of hydrogen-bond donors (Lipinski definition) is 1. The van der Waals surface area contributed by atoms with Gasteiger partial charge in [-0.15, -0.1) is 0 Å². The second-order valence-corrected chi connectivity index (χ2v) is 8.75. The zero-order valence-electron chi connectivity index (χ0n) is 15.6. The SMILES string of the molecule is O=S(=O)(c1ccc(F)cc1)N1CCN(C[C@H](O)COCc2ccccc2)CC1. The molecule has 8 heteroatoms. The van der Waals surface area contributed by atoms with E-state index in [9.17, 15) is 17.9 Å². The van der Waals surface area contributed by atoms with Crippen LogP contribution in [0.25, 0.3) is 0 Å². The fourth-order valence-electron chi connectivity index (χ4n) is 3.15. The van der Waals surface area contributed by atoms with Crippen LogP contribution in [0.5, 0.6) is 0 Å². The van der Waals surface area contributed by atoms with Crippen molar-refractivity contribution in [3.63, 3.8) is 0 Å². The zero-order valence-corrected chi connectivity index (χ0v) is 16.4. The Morgan fingerprint density at radius 3 is 2.29 bits per heavy atom. The minimum atomic E-state index is -3.62. The first-order valence-corrected chi connectivity index (χ1v) is 10.7. The fraction of sp³-hybridized carbons (Fsp3) is 0.400. The lowest BCUT2D eigenvalue weighted by Gasteiger charge is -2.34. The Morgan fingerprint density at radius 1 is 1.00 bits per heavy atom. The van der Waals surface area contributed by atoms with Crippen molar-refractivity contribution in [3.05, 3.63) is 66.0 Å². The summed E-state index contributed by atoms with van der Waals surface area (Å²) in [5.74, 6) is -0.466. The Hall–Kier alpha value is -1.84. The predicted molar refractivity (Wildman–Crippen MR) is 104 cm³/mol. The monoisotopic (exact) mass is 408 g/mol. The number of nitrogens with zero attached hydrogens (tertiary/aromatic N) is 2. The van der Waals surface area contributed by atoms with E-state index in [1.165, 1.54) is 16.4 Å². The maximum Gasteiger partial charge on any atom is 0.243 e. The molecule has 1 aliphatic rings. The Morgan fingerprint density at radius 2 is 1.64 bits per heavy atom. The van der Waals surface area contributed by atoms with E-state index in [-0.39, 0.29) is 11.5 Å². The molecular weight excluding hydrogens is 383 g/mol. The highest BCUT2D eigenvalue weighted by Crippen LogP contribution is 2.18. The highest BCUT2D eigenvalue weighted by atomic mass is 32.2. The minimum absolute atomic E-state index is 0.0942. The van der Waals surface area contributed by atoms with Crippen LogP contribution in [0.2, 0.25) is 0 Å². The largest absolute Gasteiger partial charge is 0.389 e. The molecule has 0 amide bonds. The molecule has 3 rings (SSSR count). The third kappa shape index (κ3) is 5.59. The van der Waals surface area contributed by atoms with E-state index in [2.05, 4.69) is 0 Å². The topological polar surface area (TPSA) is 70.1 Å². The molecule has 0 aliphatic carbocycles. The number of ether oxygens (including phenoxy) is 1. The average molecular weight is 408 g/mol. The van der Waals surface area contributed by atoms with Gasteiger partial charge in [0.15, 0.2) is 0 Å². The summed E-state index contributed by atoms with van der Waals surface area (Å²) >= 11 is 0. The fourth-order valence-corrected chi connectivity index (χ4v) is 4.57. The van der Waals surface area contributed by atoms with Crippen LogP contribution in [0.15, 0.2) is 59.5 Å². The molecule has 0 spiro atoms. The summed E-state index contributed by atoms with van der Waals surface area (Å²) in [5, 5.41) is 10.2. The summed E-state index contributed by atoms with van der Waals surface area (Å²) in [6, 6.07) is 14.6. The van der Waals surface area contributed by atoms with Crippen LogP contribution in [-0.2, 0) is 21.4 Å². The zero-order chi connectivity index (χ0) is 20.0. The normalized spacial score (nSPS) is 17.5. The summed E-state index contributed by atoms with van der Waals surface area (Å²) in [7, 11) is -3.62. The van der Waals surface area contributed by atoms with Gasteiger partial charge in [-0.1, -0.05) is 30.3 Å². The van der Waals surface area contributed by atoms with Crippen LogP contribution in [0, 0.1) is 5.82 Å². The second kappa shape index (κ2) is 9.58. The van der Waals surface area contributed by atoms with E-state index in [0.717, 1.165) is 17.7 Å². The average Bonchev–Trinajstić information content (AvgIpc) is 2.69. The van der Waals surface area contributed by atoms with Crippen molar-refractivity contribution in [2.75, 3.05) is 39.3 Å². The van der Waals surface area contributed by atoms with E-state index >= 15 is 0 Å². The molecule has 1 fully saturated rings. The number of β-amino-alcohol motifs (C(OH)–C–C–N with tert-alkyl or cyclic N) is 1. The van der Waals surface area contributed by atoms with Gasteiger partial charge in [-0.3, -0.25) is 4.90 Å². The molecule has 0 unspecified atom stereocenters. The summed E-state index contributed by atoms with van der Waals surface area (Å²) in [4.78, 5) is 2.12. The summed E-state index contributed by atoms with van der Waals surface area (Å²) < 4.78 is 45.2. The molecule has 2 aromatic carbocycles. The van der Waals surface area contributed by atoms with Crippen molar-refractivity contribution in [2.45, 2.75) is 17.6 Å². The van der Waals surface area contributed by atoms with Gasteiger partial charge in [-0.2, -0.15) is 4.31 Å². The van der Waals surface area contributed by atoms with Crippen LogP contribution in [-0.4, -0.2) is 68.2 Å². The first-order chi connectivity index (χ1) is 13.4. The number of rotatable bonds is 8. The van der Waals surface area contributed by atoms with Gasteiger partial charge in [0.1, 0.15) is 5.82 Å². The van der Waals surface area contributed by atoms with Gasteiger partial charge in [0.2, 0.25) is 10.0 Å². The standard InChI is InChI=1S/C20H25FN2O4S/c21-18-6-8-20(9-7-18)28(25,26)23-12-10-22(11-13-23)14-19(24)16-27-15-17-4-2-1-3-5-17/h1-9,19,24H,10-16H2/t19-/m0/s1. The maximum absolute atomic E-state index is 13.0. The summed E-state index contributed by atoms with van der Waals surface area (Å²) in [6.07, 6.45) is -0.635. The van der Waals surface area contributed by atoms with Crippen LogP contribution in [0.1, 0.15) is 5.56 Å². The molecule has 6 nitrogen and oxygen atoms in total. The number of benzene rings is 2. The first kappa shape index (κ1) is 20.9. The molecule has 152 valence electrons. The quantitative estimate of drug-likeness (QED) is 0.720. The van der Waals surface area contributed by atoms with Crippen LogP contribution in [0.3, 0.4) is 0 Å². The lowest BCUT2D eigenvalue weighted by molar-refractivity contribution is 0.00539. The third-order valence-electron chi connectivity index (χ3n) is 4.67. The number of aliphatic hydroxyl groups excluding tert-OH is 1. The van der Waals surface area contributed by atoms with Crippen molar-refractivity contribution in [2.24, 2.45) is 0 Å². The molecular formula is C20H25FN2O4S. The third-order valence-corrected chi connectivity index (χ3v) is 6.59. The summed E-state index contributed by atoms with van der Waals surface area (Å²) in [6.45, 7) is 2.81. The van der Waals surface area contributed by atoms with Gasteiger partial charge < -0.3 is 9.84 Å². The molecule has 1 atom stereocenters. The van der Waals surface area contributed by atoms with Crippen molar-refractivity contribution in [3.8, 4) is 0 Å². The van der Waals surface area contributed by atoms with Crippen molar-refractivity contribution >= 4 is 10.0 Å². The van der Waals surface area contributed by atoms with Crippen LogP contribution < -0.4 is 0 Å². The Kier molecular flexibility index (Phi) is 7.14. The van der Waals surface area contributed by atoms with Gasteiger partial charge in [0.25, 0.3) is 0 Å². The predicted octanol–water partition coefficient (Wildman–Crippen LogP) is 1.71. The Labute approximate surface area is 165 Å². The minimum Gasteiger partial charge on any atom is -0.389 e. The molecule has 0 saturated carbocycles. The highest BCUT2D eigenvalue weighted by Gasteiger charge is 2.29. The van der Waals surface area contributed by atoms with E-state index in [4.69, 9.17) is 4.74 Å². The lowest BCUT2D eigenvalue weighted by Crippen LogP contribution is -2.50. The lowest BCUT2D eigenvalue weighted by atomic mass is 10.2. The maximum atomic E-state index is 13.0. The molecule has 1 heterocycles. The molecule has 28 heavy (non-hydrogen) atoms. The van der Waals surface area contributed by atoms with Gasteiger partial charge in [0.05, 0.1) is 24.2 Å². The van der Waals surface area contributed by atoms with Gasteiger partial charge >= 0.3 is 0 Å². The highest BCUT2D eigenvalue weighted by molar-refractivity contribution is 7.89. The molecule has 1 N–H and O–H groups in total. The van der Waals surface area contributed by atoms with Gasteiger partial charge in [-0.05, 0) is 29.8 Å². The second-order valence-electron chi connectivity index (χ2n) is 6.81. The van der Waals surface area contributed by atoms with Crippen LogP contribution in [0.4, 0.5) is 4.39 Å². The van der Waals surface area contributed by atoms with E-state index in [0.29, 0.717) is 39.3 Å². The van der Waals surface area contributed by atoms with E-state index in [1.54, 1.807) is 0 Å². The number of hydrogen-bond acceptors (Lipinski definition) is 5. The van der Waals surface area contributed by atoms with Crippen LogP contribution >= 0.6 is 0 Å². The van der Waals surface area contributed by atoms with E-state index < -0.39 is 21.9 Å². The van der Waals surface area contributed by atoms with Crippen molar-refractivity contribution in [1.82, 2.24) is 9.21 Å². The van der Waals surface area contributed by atoms with Gasteiger partial charge in [-0.25, -0.2) is 12.8 Å². The molecule has 0 bridgehead atoms. The number of piperazine rings is 1. The number of aliphatic hydroxyl groups is 1. The first-order valence-electron chi connectivity index (χ1n) is 9.23. The molecule has 0 aromatic heterocycles. The van der Waals surface area contributed by atoms with Crippen molar-refractivity contribution in [1.29, 1.82) is 0 Å². The molecule has 2 aromatic rings. The van der Waals surface area contributed by atoms with Crippen molar-refractivity contribution < 1.29 is 22.7 Å². The molecule has 1 saturated heterocycles.